The molecule has 0 aliphatic rings. The lowest BCUT2D eigenvalue weighted by molar-refractivity contribution is 1.04. The fraction of sp³-hybridized carbons (Fsp3) is 0.0426. The van der Waals surface area contributed by atoms with Crippen LogP contribution in [0.4, 0.5) is 5.69 Å². The van der Waals surface area contributed by atoms with E-state index in [1.54, 1.807) is 0 Å². The lowest BCUT2D eigenvalue weighted by Gasteiger charge is -2.16. The average Bonchev–Trinajstić information content (AvgIpc) is 3.80. The quantitative estimate of drug-likeness (QED) is 0.144. The second kappa shape index (κ2) is 13.8. The van der Waals surface area contributed by atoms with Gasteiger partial charge >= 0.3 is 0 Å². The molecule has 0 radical (unpaired) electrons. The molecule has 0 unspecified atom stereocenters. The van der Waals surface area contributed by atoms with Crippen LogP contribution in [0.3, 0.4) is 0 Å². The standard InChI is InChI=1S/C47H35N5/c1-5-17-34(18-6-1)29-30-41(48-38-19-7-2-8-20-38)35-31-36(46-49-42-25-13-15-27-44(42)51(46)39-21-9-3-10-22-39)33-37(32-35)47-50-43-26-14-16-28-45(43)52(47)40-23-11-4-12-24-40/h1-28,31-33H,29-30H2. The van der Waals surface area contributed by atoms with Gasteiger partial charge in [0.1, 0.15) is 11.6 Å². The molecule has 0 saturated carbocycles. The fourth-order valence-electron chi connectivity index (χ4n) is 7.00. The van der Waals surface area contributed by atoms with Crippen molar-refractivity contribution in [2.75, 3.05) is 0 Å². The van der Waals surface area contributed by atoms with Gasteiger partial charge in [-0.1, -0.05) is 109 Å². The van der Waals surface area contributed by atoms with Crippen molar-refractivity contribution in [3.63, 3.8) is 0 Å². The summed E-state index contributed by atoms with van der Waals surface area (Å²) < 4.78 is 4.52. The number of nitrogens with zero attached hydrogens (tertiary/aromatic N) is 5. The summed E-state index contributed by atoms with van der Waals surface area (Å²) >= 11 is 0. The van der Waals surface area contributed by atoms with Crippen molar-refractivity contribution in [1.82, 2.24) is 19.1 Å². The van der Waals surface area contributed by atoms with E-state index in [1.165, 1.54) is 5.56 Å². The molecule has 0 aliphatic heterocycles. The van der Waals surface area contributed by atoms with Crippen molar-refractivity contribution in [2.45, 2.75) is 12.8 Å². The molecule has 9 aromatic rings. The van der Waals surface area contributed by atoms with E-state index in [4.69, 9.17) is 15.0 Å². The zero-order valence-electron chi connectivity index (χ0n) is 28.5. The van der Waals surface area contributed by atoms with Gasteiger partial charge in [-0.25, -0.2) is 9.97 Å². The zero-order valence-corrected chi connectivity index (χ0v) is 28.5. The van der Waals surface area contributed by atoms with E-state index in [2.05, 4.69) is 155 Å². The van der Waals surface area contributed by atoms with Crippen molar-refractivity contribution in [3.8, 4) is 34.2 Å². The maximum atomic E-state index is 5.32. The fourth-order valence-corrected chi connectivity index (χ4v) is 7.00. The first-order chi connectivity index (χ1) is 25.8. The predicted octanol–water partition coefficient (Wildman–Crippen LogP) is 11.5. The molecule has 2 heterocycles. The Labute approximate surface area is 302 Å². The second-order valence-electron chi connectivity index (χ2n) is 12.9. The summed E-state index contributed by atoms with van der Waals surface area (Å²) in [6.07, 6.45) is 1.61. The molecule has 0 atom stereocenters. The van der Waals surface area contributed by atoms with Crippen LogP contribution in [0.5, 0.6) is 0 Å². The number of benzene rings is 7. The van der Waals surface area contributed by atoms with E-state index in [1.807, 2.05) is 42.5 Å². The van der Waals surface area contributed by atoms with Crippen molar-refractivity contribution < 1.29 is 0 Å². The van der Waals surface area contributed by atoms with Crippen LogP contribution < -0.4 is 0 Å². The lowest BCUT2D eigenvalue weighted by Crippen LogP contribution is -2.06. The third-order valence-corrected chi connectivity index (χ3v) is 9.45. The number of hydrogen-bond donors (Lipinski definition) is 0. The molecule has 52 heavy (non-hydrogen) atoms. The topological polar surface area (TPSA) is 48.0 Å². The van der Waals surface area contributed by atoms with E-state index in [-0.39, 0.29) is 0 Å². The molecule has 0 saturated heterocycles. The molecule has 2 aromatic heterocycles. The highest BCUT2D eigenvalue weighted by molar-refractivity contribution is 6.04. The summed E-state index contributed by atoms with van der Waals surface area (Å²) in [6.45, 7) is 0. The van der Waals surface area contributed by atoms with Gasteiger partial charge in [0, 0.05) is 28.2 Å². The highest BCUT2D eigenvalue weighted by Crippen LogP contribution is 2.35. The van der Waals surface area contributed by atoms with Crippen LogP contribution >= 0.6 is 0 Å². The van der Waals surface area contributed by atoms with Gasteiger partial charge in [0.2, 0.25) is 0 Å². The van der Waals surface area contributed by atoms with Gasteiger partial charge in [-0.15, -0.1) is 0 Å². The molecule has 5 heteroatoms. The predicted molar refractivity (Wildman–Crippen MR) is 214 cm³/mol. The summed E-state index contributed by atoms with van der Waals surface area (Å²) in [4.78, 5) is 15.9. The van der Waals surface area contributed by atoms with Gasteiger partial charge in [-0.3, -0.25) is 14.1 Å². The second-order valence-corrected chi connectivity index (χ2v) is 12.9. The number of fused-ring (bicyclic) bond motifs is 2. The van der Waals surface area contributed by atoms with E-state index in [9.17, 15) is 0 Å². The van der Waals surface area contributed by atoms with Crippen molar-refractivity contribution in [2.24, 2.45) is 4.99 Å². The van der Waals surface area contributed by atoms with Crippen molar-refractivity contribution in [1.29, 1.82) is 0 Å². The van der Waals surface area contributed by atoms with Gasteiger partial charge in [0.05, 0.1) is 27.8 Å². The maximum absolute atomic E-state index is 5.32. The summed E-state index contributed by atoms with van der Waals surface area (Å²) in [5.74, 6) is 1.72. The van der Waals surface area contributed by atoms with Gasteiger partial charge in [-0.05, 0) is 103 Å². The van der Waals surface area contributed by atoms with Gasteiger partial charge in [0.25, 0.3) is 0 Å². The molecule has 0 fully saturated rings. The molecule has 7 aromatic carbocycles. The van der Waals surface area contributed by atoms with Gasteiger partial charge < -0.3 is 0 Å². The smallest absolute Gasteiger partial charge is 0.145 e. The highest BCUT2D eigenvalue weighted by atomic mass is 15.1. The number of para-hydroxylation sites is 7. The first-order valence-corrected chi connectivity index (χ1v) is 17.7. The number of aliphatic imine (C=N–C) groups is 1. The Kier molecular flexibility index (Phi) is 8.27. The minimum atomic E-state index is 0.756. The number of rotatable bonds is 9. The maximum Gasteiger partial charge on any atom is 0.145 e. The Morgan fingerprint density at radius 2 is 0.904 bits per heavy atom. The summed E-state index contributed by atoms with van der Waals surface area (Å²) in [5, 5.41) is 0. The van der Waals surface area contributed by atoms with E-state index >= 15 is 0 Å². The van der Waals surface area contributed by atoms with Crippen LogP contribution in [0.2, 0.25) is 0 Å². The minimum absolute atomic E-state index is 0.756. The molecule has 0 aliphatic carbocycles. The lowest BCUT2D eigenvalue weighted by atomic mass is 9.97. The van der Waals surface area contributed by atoms with Crippen LogP contribution in [0, 0.1) is 0 Å². The third-order valence-electron chi connectivity index (χ3n) is 9.45. The monoisotopic (exact) mass is 669 g/mol. The molecular weight excluding hydrogens is 635 g/mol. The Morgan fingerprint density at radius 1 is 0.462 bits per heavy atom. The third kappa shape index (κ3) is 6.10. The molecule has 0 amide bonds. The van der Waals surface area contributed by atoms with Crippen LogP contribution in [0.25, 0.3) is 56.2 Å². The number of aromatic nitrogens is 4. The van der Waals surface area contributed by atoms with Crippen LogP contribution in [0.15, 0.2) is 193 Å². The largest absolute Gasteiger partial charge is 0.292 e. The summed E-state index contributed by atoms with van der Waals surface area (Å²) in [5.41, 5.74) is 12.3. The van der Waals surface area contributed by atoms with E-state index in [0.29, 0.717) is 0 Å². The molecule has 248 valence electrons. The normalized spacial score (nSPS) is 11.7. The molecule has 9 rings (SSSR count). The number of imidazole rings is 2. The Balaban J connectivity index is 1.32. The van der Waals surface area contributed by atoms with Crippen LogP contribution in [-0.4, -0.2) is 24.8 Å². The number of hydrogen-bond acceptors (Lipinski definition) is 3. The Hall–Kier alpha value is -6.85. The molecular formula is C47H35N5. The molecule has 0 N–H and O–H groups in total. The average molecular weight is 670 g/mol. The van der Waals surface area contributed by atoms with Crippen LogP contribution in [0.1, 0.15) is 17.5 Å². The van der Waals surface area contributed by atoms with Gasteiger partial charge in [0.15, 0.2) is 0 Å². The zero-order chi connectivity index (χ0) is 34.7. The Morgan fingerprint density at radius 3 is 1.42 bits per heavy atom. The molecule has 5 nitrogen and oxygen atoms in total. The van der Waals surface area contributed by atoms with Crippen molar-refractivity contribution in [3.05, 3.63) is 199 Å². The summed E-state index contributed by atoms with van der Waals surface area (Å²) in [7, 11) is 0. The number of aryl methyl sites for hydroxylation is 1. The first-order valence-electron chi connectivity index (χ1n) is 17.7. The molecule has 0 bridgehead atoms. The minimum Gasteiger partial charge on any atom is -0.292 e. The van der Waals surface area contributed by atoms with E-state index in [0.717, 1.165) is 86.0 Å². The first kappa shape index (κ1) is 31.2. The molecule has 0 spiro atoms. The van der Waals surface area contributed by atoms with Crippen LogP contribution in [-0.2, 0) is 6.42 Å². The SMILES string of the molecule is c1ccc(CCC(=Nc2ccccc2)c2cc(-c3nc4ccccc4n3-c3ccccc3)cc(-c3nc4ccccc4n3-c3ccccc3)c2)cc1. The van der Waals surface area contributed by atoms with Gasteiger partial charge in [-0.2, -0.15) is 0 Å². The highest BCUT2D eigenvalue weighted by Gasteiger charge is 2.21. The Bertz CT molecular complexity index is 2520. The van der Waals surface area contributed by atoms with Crippen molar-refractivity contribution >= 4 is 33.5 Å². The van der Waals surface area contributed by atoms with E-state index < -0.39 is 0 Å². The summed E-state index contributed by atoms with van der Waals surface area (Å²) in [6, 6.07) is 65.3.